The number of fused-ring (bicyclic) bond motifs is 6. The molecule has 0 amide bonds. The highest BCUT2D eigenvalue weighted by molar-refractivity contribution is 6.19. The molecular weight excluding hydrogens is 528 g/mol. The van der Waals surface area contributed by atoms with Gasteiger partial charge in [-0.05, 0) is 69.1 Å². The number of benzene rings is 6. The van der Waals surface area contributed by atoms with E-state index in [2.05, 4.69) is 48.5 Å². The number of hydrogen-bond acceptors (Lipinski definition) is 6. The predicted octanol–water partition coefficient (Wildman–Crippen LogP) is 7.85. The molecule has 0 bridgehead atoms. The highest BCUT2D eigenvalue weighted by Gasteiger charge is 2.22. The van der Waals surface area contributed by atoms with Crippen molar-refractivity contribution in [3.63, 3.8) is 0 Å². The molecule has 0 fully saturated rings. The Kier molecular flexibility index (Phi) is 7.60. The van der Waals surface area contributed by atoms with Crippen LogP contribution < -0.4 is 9.47 Å². The van der Waals surface area contributed by atoms with Gasteiger partial charge in [-0.1, -0.05) is 84.9 Å². The van der Waals surface area contributed by atoms with E-state index < -0.39 is 11.9 Å². The maximum absolute atomic E-state index is 12.3. The summed E-state index contributed by atoms with van der Waals surface area (Å²) >= 11 is 0. The monoisotopic (exact) mass is 558 g/mol. The molecule has 6 rings (SSSR count). The van der Waals surface area contributed by atoms with Gasteiger partial charge in [0, 0.05) is 11.1 Å². The SMILES string of the molecule is CCOC(=O)COc1ccc2c(ccc3ccccc32)c1-c1c(OCC(=O)OCC)ccc2c1ccc1ccccc12. The minimum absolute atomic E-state index is 0.243. The van der Waals surface area contributed by atoms with Gasteiger partial charge in [-0.15, -0.1) is 0 Å². The molecule has 0 atom stereocenters. The molecule has 210 valence electrons. The summed E-state index contributed by atoms with van der Waals surface area (Å²) in [5.41, 5.74) is 1.53. The van der Waals surface area contributed by atoms with Crippen LogP contribution in [0.1, 0.15) is 13.8 Å². The Morgan fingerprint density at radius 3 is 1.31 bits per heavy atom. The zero-order valence-electron chi connectivity index (χ0n) is 23.5. The molecule has 42 heavy (non-hydrogen) atoms. The summed E-state index contributed by atoms with van der Waals surface area (Å²) in [7, 11) is 0. The second-order valence-corrected chi connectivity index (χ2v) is 9.83. The first-order chi connectivity index (χ1) is 20.6. The van der Waals surface area contributed by atoms with Crippen molar-refractivity contribution >= 4 is 55.0 Å². The third kappa shape index (κ3) is 5.07. The second kappa shape index (κ2) is 11.8. The van der Waals surface area contributed by atoms with E-state index in [0.29, 0.717) is 11.5 Å². The Labute approximate surface area is 243 Å². The Balaban J connectivity index is 1.66. The molecule has 6 aromatic rings. The van der Waals surface area contributed by atoms with Crippen molar-refractivity contribution in [2.24, 2.45) is 0 Å². The van der Waals surface area contributed by atoms with E-state index in [1.165, 1.54) is 0 Å². The van der Waals surface area contributed by atoms with Gasteiger partial charge in [0.05, 0.1) is 13.2 Å². The first kappa shape index (κ1) is 27.1. The predicted molar refractivity (Wildman–Crippen MR) is 166 cm³/mol. The van der Waals surface area contributed by atoms with E-state index in [4.69, 9.17) is 18.9 Å². The molecule has 0 radical (unpaired) electrons. The summed E-state index contributed by atoms with van der Waals surface area (Å²) in [6, 6.07) is 32.5. The zero-order valence-corrected chi connectivity index (χ0v) is 23.5. The molecule has 0 aromatic heterocycles. The molecule has 0 unspecified atom stereocenters. The fourth-order valence-corrected chi connectivity index (χ4v) is 5.57. The summed E-state index contributed by atoms with van der Waals surface area (Å²) < 4.78 is 22.6. The number of rotatable bonds is 9. The molecular formula is C36H30O6. The summed E-state index contributed by atoms with van der Waals surface area (Å²) in [5.74, 6) is 0.106. The van der Waals surface area contributed by atoms with Gasteiger partial charge in [-0.2, -0.15) is 0 Å². The highest BCUT2D eigenvalue weighted by atomic mass is 16.6. The smallest absolute Gasteiger partial charge is 0.344 e. The van der Waals surface area contributed by atoms with Crippen molar-refractivity contribution in [3.05, 3.63) is 97.1 Å². The van der Waals surface area contributed by atoms with Gasteiger partial charge in [-0.25, -0.2) is 9.59 Å². The van der Waals surface area contributed by atoms with Gasteiger partial charge in [0.25, 0.3) is 0 Å². The summed E-state index contributed by atoms with van der Waals surface area (Å²) in [5, 5.41) is 8.31. The first-order valence-electron chi connectivity index (χ1n) is 14.0. The van der Waals surface area contributed by atoms with Crippen LogP contribution in [0.3, 0.4) is 0 Å². The Bertz CT molecular complexity index is 1820. The zero-order chi connectivity index (χ0) is 29.1. The maximum Gasteiger partial charge on any atom is 0.344 e. The molecule has 6 nitrogen and oxygen atoms in total. The third-order valence-electron chi connectivity index (χ3n) is 7.33. The molecule has 0 spiro atoms. The summed E-state index contributed by atoms with van der Waals surface area (Å²) in [6.07, 6.45) is 0. The van der Waals surface area contributed by atoms with E-state index in [0.717, 1.165) is 54.2 Å². The number of ether oxygens (including phenoxy) is 4. The molecule has 0 aliphatic rings. The van der Waals surface area contributed by atoms with E-state index in [1.54, 1.807) is 13.8 Å². The average molecular weight is 559 g/mol. The van der Waals surface area contributed by atoms with Gasteiger partial charge in [0.15, 0.2) is 13.2 Å². The largest absolute Gasteiger partial charge is 0.481 e. The van der Waals surface area contributed by atoms with Crippen LogP contribution in [0.2, 0.25) is 0 Å². The lowest BCUT2D eigenvalue weighted by molar-refractivity contribution is -0.146. The van der Waals surface area contributed by atoms with Crippen molar-refractivity contribution in [2.75, 3.05) is 26.4 Å². The molecule has 0 aliphatic heterocycles. The fraction of sp³-hybridized carbons (Fsp3) is 0.167. The minimum atomic E-state index is -0.454. The van der Waals surface area contributed by atoms with Gasteiger partial charge < -0.3 is 18.9 Å². The standard InChI is InChI=1S/C36H30O6/c1-3-39-33(37)21-41-31-19-17-27-25-11-7-5-9-23(25)13-15-29(27)35(31)36-30-16-14-24-10-6-8-12-26(24)28(30)18-20-32(36)42-22-34(38)40-4-2/h5-20H,3-4,21-22H2,1-2H3. The normalized spacial score (nSPS) is 11.2. The lowest BCUT2D eigenvalue weighted by Crippen LogP contribution is -2.16. The van der Waals surface area contributed by atoms with Gasteiger partial charge in [-0.3, -0.25) is 0 Å². The molecule has 6 aromatic carbocycles. The van der Waals surface area contributed by atoms with Crippen LogP contribution in [0.5, 0.6) is 11.5 Å². The lowest BCUT2D eigenvalue weighted by Gasteiger charge is -2.20. The Morgan fingerprint density at radius 2 is 0.881 bits per heavy atom. The topological polar surface area (TPSA) is 71.1 Å². The quantitative estimate of drug-likeness (QED) is 0.133. The Hall–Kier alpha value is -5.10. The van der Waals surface area contributed by atoms with Crippen LogP contribution >= 0.6 is 0 Å². The van der Waals surface area contributed by atoms with E-state index in [-0.39, 0.29) is 26.4 Å². The molecule has 0 aliphatic carbocycles. The van der Waals surface area contributed by atoms with E-state index in [1.807, 2.05) is 48.5 Å². The number of carbonyl (C=O) groups excluding carboxylic acids is 2. The third-order valence-corrected chi connectivity index (χ3v) is 7.33. The molecule has 0 saturated heterocycles. The van der Waals surface area contributed by atoms with Crippen molar-refractivity contribution in [2.45, 2.75) is 13.8 Å². The molecule has 0 N–H and O–H groups in total. The lowest BCUT2D eigenvalue weighted by atomic mass is 9.89. The fourth-order valence-electron chi connectivity index (χ4n) is 5.57. The van der Waals surface area contributed by atoms with E-state index >= 15 is 0 Å². The van der Waals surface area contributed by atoms with Crippen molar-refractivity contribution in [3.8, 4) is 22.6 Å². The average Bonchev–Trinajstić information content (AvgIpc) is 3.02. The van der Waals surface area contributed by atoms with Crippen molar-refractivity contribution in [1.29, 1.82) is 0 Å². The Morgan fingerprint density at radius 1 is 0.476 bits per heavy atom. The van der Waals surface area contributed by atoms with E-state index in [9.17, 15) is 9.59 Å². The molecule has 0 heterocycles. The summed E-state index contributed by atoms with van der Waals surface area (Å²) in [4.78, 5) is 24.7. The molecule has 6 heteroatoms. The first-order valence-corrected chi connectivity index (χ1v) is 14.0. The van der Waals surface area contributed by atoms with Crippen LogP contribution in [0.4, 0.5) is 0 Å². The number of hydrogen-bond donors (Lipinski definition) is 0. The number of carbonyl (C=O) groups is 2. The van der Waals surface area contributed by atoms with Crippen LogP contribution in [0.15, 0.2) is 97.1 Å². The van der Waals surface area contributed by atoms with Crippen LogP contribution in [-0.2, 0) is 19.1 Å². The van der Waals surface area contributed by atoms with Crippen LogP contribution in [0.25, 0.3) is 54.2 Å². The number of esters is 2. The maximum atomic E-state index is 12.3. The van der Waals surface area contributed by atoms with Gasteiger partial charge in [0.2, 0.25) is 0 Å². The highest BCUT2D eigenvalue weighted by Crippen LogP contribution is 2.47. The van der Waals surface area contributed by atoms with Gasteiger partial charge in [0.1, 0.15) is 11.5 Å². The van der Waals surface area contributed by atoms with Crippen LogP contribution in [-0.4, -0.2) is 38.4 Å². The van der Waals surface area contributed by atoms with Crippen molar-refractivity contribution < 1.29 is 28.5 Å². The van der Waals surface area contributed by atoms with Crippen LogP contribution in [0, 0.1) is 0 Å². The van der Waals surface area contributed by atoms with Crippen molar-refractivity contribution in [1.82, 2.24) is 0 Å². The summed E-state index contributed by atoms with van der Waals surface area (Å²) in [6.45, 7) is 3.57. The minimum Gasteiger partial charge on any atom is -0.481 e. The molecule has 0 saturated carbocycles. The second-order valence-electron chi connectivity index (χ2n) is 9.83. The van der Waals surface area contributed by atoms with Gasteiger partial charge >= 0.3 is 11.9 Å².